The quantitative estimate of drug-likeness (QED) is 0.605. The largest absolute Gasteiger partial charge is 0.387 e. The minimum absolute atomic E-state index is 0. The summed E-state index contributed by atoms with van der Waals surface area (Å²) in [7, 11) is 0. The third-order valence-electron chi connectivity index (χ3n) is 3.21. The van der Waals surface area contributed by atoms with Crippen molar-refractivity contribution in [3.05, 3.63) is 0 Å². The molecule has 1 aliphatic heterocycles. The van der Waals surface area contributed by atoms with E-state index in [0.29, 0.717) is 17.8 Å². The summed E-state index contributed by atoms with van der Waals surface area (Å²) in [6.07, 6.45) is 2.25. The lowest BCUT2D eigenvalue weighted by Gasteiger charge is -2.19. The molecular formula is C13H28B2ClN3. The van der Waals surface area contributed by atoms with Crippen LogP contribution in [0.2, 0.25) is 0 Å². The summed E-state index contributed by atoms with van der Waals surface area (Å²) in [5.74, 6) is 2.60. The molecule has 6 radical (unpaired) electrons. The van der Waals surface area contributed by atoms with Crippen LogP contribution in [0.15, 0.2) is 4.99 Å². The number of hydrogen-bond acceptors (Lipinski definition) is 3. The van der Waals surface area contributed by atoms with Gasteiger partial charge in [0.15, 0.2) is 0 Å². The molecule has 6 heteroatoms. The smallest absolute Gasteiger partial charge is 0.0987 e. The van der Waals surface area contributed by atoms with Crippen molar-refractivity contribution in [2.24, 2.45) is 28.5 Å². The summed E-state index contributed by atoms with van der Waals surface area (Å²) >= 11 is 0. The van der Waals surface area contributed by atoms with Gasteiger partial charge in [0.1, 0.15) is 0 Å². The first-order valence-electron chi connectivity index (χ1n) is 6.28. The molecule has 1 aliphatic rings. The summed E-state index contributed by atoms with van der Waals surface area (Å²) in [5.41, 5.74) is 6.21. The van der Waals surface area contributed by atoms with E-state index in [1.807, 2.05) is 6.92 Å². The summed E-state index contributed by atoms with van der Waals surface area (Å²) in [6.45, 7) is 11.5. The van der Waals surface area contributed by atoms with Crippen LogP contribution in [0.5, 0.6) is 0 Å². The van der Waals surface area contributed by atoms with Gasteiger partial charge in [0.05, 0.1) is 12.4 Å². The van der Waals surface area contributed by atoms with Crippen molar-refractivity contribution in [3.63, 3.8) is 0 Å². The first kappa shape index (κ1) is 27.0. The number of rotatable bonds is 4. The molecule has 108 valence electrons. The monoisotopic (exact) mass is 283 g/mol. The lowest BCUT2D eigenvalue weighted by atomic mass is 9.89. The SMILES string of the molecule is CCC(C(C)=N)C(C)C.CCC1CN=C1N.Cl.[B].[B]. The second-order valence-corrected chi connectivity index (χ2v) is 4.81. The summed E-state index contributed by atoms with van der Waals surface area (Å²) < 4.78 is 0. The molecule has 0 amide bonds. The third-order valence-corrected chi connectivity index (χ3v) is 3.21. The molecule has 0 bridgehead atoms. The predicted molar refractivity (Wildman–Crippen MR) is 91.0 cm³/mol. The van der Waals surface area contributed by atoms with Gasteiger partial charge in [-0.3, -0.25) is 4.99 Å². The Morgan fingerprint density at radius 2 is 1.84 bits per heavy atom. The second-order valence-electron chi connectivity index (χ2n) is 4.81. The molecule has 0 saturated carbocycles. The van der Waals surface area contributed by atoms with Crippen molar-refractivity contribution in [1.82, 2.24) is 0 Å². The number of amidine groups is 1. The maximum absolute atomic E-state index is 7.38. The minimum Gasteiger partial charge on any atom is -0.387 e. The van der Waals surface area contributed by atoms with E-state index in [0.717, 1.165) is 30.9 Å². The minimum atomic E-state index is 0. The second kappa shape index (κ2) is 14.0. The molecule has 3 nitrogen and oxygen atoms in total. The topological polar surface area (TPSA) is 62.2 Å². The van der Waals surface area contributed by atoms with Crippen LogP contribution in [0.1, 0.15) is 47.5 Å². The summed E-state index contributed by atoms with van der Waals surface area (Å²) in [4.78, 5) is 3.92. The molecule has 0 aromatic carbocycles. The van der Waals surface area contributed by atoms with Gasteiger partial charge < -0.3 is 11.1 Å². The first-order valence-corrected chi connectivity index (χ1v) is 6.28. The molecule has 0 spiro atoms. The van der Waals surface area contributed by atoms with Crippen LogP contribution < -0.4 is 5.73 Å². The van der Waals surface area contributed by atoms with Crippen LogP contribution in [-0.2, 0) is 0 Å². The lowest BCUT2D eigenvalue weighted by molar-refractivity contribution is 0.477. The Labute approximate surface area is 129 Å². The number of hydrogen-bond donors (Lipinski definition) is 2. The molecule has 19 heavy (non-hydrogen) atoms. The van der Waals surface area contributed by atoms with Crippen molar-refractivity contribution in [2.75, 3.05) is 6.54 Å². The van der Waals surface area contributed by atoms with Gasteiger partial charge in [-0.2, -0.15) is 0 Å². The van der Waals surface area contributed by atoms with Gasteiger partial charge >= 0.3 is 0 Å². The molecular weight excluding hydrogens is 255 g/mol. The van der Waals surface area contributed by atoms with Gasteiger partial charge in [-0.1, -0.05) is 27.7 Å². The molecule has 0 aliphatic carbocycles. The number of nitrogens with zero attached hydrogens (tertiary/aromatic N) is 1. The van der Waals surface area contributed by atoms with Crippen LogP contribution in [-0.4, -0.2) is 34.9 Å². The van der Waals surface area contributed by atoms with Crippen LogP contribution in [0.3, 0.4) is 0 Å². The fourth-order valence-electron chi connectivity index (χ4n) is 1.94. The molecule has 0 saturated heterocycles. The van der Waals surface area contributed by atoms with Gasteiger partial charge in [0.25, 0.3) is 0 Å². The van der Waals surface area contributed by atoms with E-state index in [2.05, 4.69) is 32.7 Å². The molecule has 2 atom stereocenters. The Morgan fingerprint density at radius 3 is 1.84 bits per heavy atom. The molecule has 2 unspecified atom stereocenters. The standard InChI is InChI=1S/C8H17N.C5H10N2.2B.ClH/c1-5-8(6(2)3)7(4)9;1-2-4-3-7-5(4)6;;;/h6,8-9H,5H2,1-4H3;4H,2-3H2,1H3,(H2,6,7);;;1H. The molecule has 1 heterocycles. The molecule has 1 rings (SSSR count). The predicted octanol–water partition coefficient (Wildman–Crippen LogP) is 2.75. The molecule has 0 fully saturated rings. The number of nitrogens with one attached hydrogen (secondary N) is 1. The first-order chi connectivity index (χ1) is 7.43. The number of nitrogens with two attached hydrogens (primary N) is 1. The van der Waals surface area contributed by atoms with Gasteiger partial charge in [-0.15, -0.1) is 12.4 Å². The number of halogens is 1. The maximum atomic E-state index is 7.38. The Balaban J connectivity index is -0.000000104. The van der Waals surface area contributed by atoms with E-state index in [4.69, 9.17) is 11.1 Å². The van der Waals surface area contributed by atoms with E-state index < -0.39 is 0 Å². The average molecular weight is 283 g/mol. The van der Waals surface area contributed by atoms with Gasteiger partial charge in [0.2, 0.25) is 0 Å². The average Bonchev–Trinajstić information content (AvgIpc) is 2.17. The van der Waals surface area contributed by atoms with Crippen molar-refractivity contribution in [1.29, 1.82) is 5.41 Å². The number of aliphatic imine (C=N–C) groups is 1. The van der Waals surface area contributed by atoms with Crippen LogP contribution in [0.4, 0.5) is 0 Å². The molecule has 0 aromatic heterocycles. The van der Waals surface area contributed by atoms with Gasteiger partial charge in [0, 0.05) is 28.5 Å². The van der Waals surface area contributed by atoms with E-state index in [1.54, 1.807) is 0 Å². The Kier molecular flexibility index (Phi) is 19.9. The molecule has 3 N–H and O–H groups in total. The van der Waals surface area contributed by atoms with Crippen LogP contribution in [0, 0.1) is 23.2 Å². The van der Waals surface area contributed by atoms with Crippen molar-refractivity contribution in [2.45, 2.75) is 47.5 Å². The zero-order chi connectivity index (χ0) is 12.7. The van der Waals surface area contributed by atoms with E-state index in [-0.39, 0.29) is 29.2 Å². The van der Waals surface area contributed by atoms with E-state index in [1.165, 1.54) is 0 Å². The summed E-state index contributed by atoms with van der Waals surface area (Å²) in [6, 6.07) is 0. The normalized spacial score (nSPS) is 17.2. The highest BCUT2D eigenvalue weighted by molar-refractivity contribution is 5.87. The highest BCUT2D eigenvalue weighted by Gasteiger charge is 2.17. The fraction of sp³-hybridized carbons (Fsp3) is 0.846. The van der Waals surface area contributed by atoms with Crippen molar-refractivity contribution >= 4 is 40.8 Å². The Bertz CT molecular complexity index is 258. The Morgan fingerprint density at radius 1 is 1.37 bits per heavy atom. The lowest BCUT2D eigenvalue weighted by Crippen LogP contribution is -2.34. The van der Waals surface area contributed by atoms with Crippen molar-refractivity contribution < 1.29 is 0 Å². The van der Waals surface area contributed by atoms with Gasteiger partial charge in [-0.25, -0.2) is 0 Å². The Hall–Kier alpha value is -0.440. The summed E-state index contributed by atoms with van der Waals surface area (Å²) in [5, 5.41) is 7.38. The van der Waals surface area contributed by atoms with E-state index >= 15 is 0 Å². The fourth-order valence-corrected chi connectivity index (χ4v) is 1.94. The highest BCUT2D eigenvalue weighted by atomic mass is 35.5. The van der Waals surface area contributed by atoms with Crippen LogP contribution in [0.25, 0.3) is 0 Å². The van der Waals surface area contributed by atoms with E-state index in [9.17, 15) is 0 Å². The zero-order valence-electron chi connectivity index (χ0n) is 12.9. The van der Waals surface area contributed by atoms with Gasteiger partial charge in [-0.05, 0) is 31.6 Å². The van der Waals surface area contributed by atoms with Crippen LogP contribution >= 0.6 is 12.4 Å². The third kappa shape index (κ3) is 10.1. The molecule has 0 aromatic rings. The maximum Gasteiger partial charge on any atom is 0.0987 e. The van der Waals surface area contributed by atoms with Crippen molar-refractivity contribution in [3.8, 4) is 0 Å². The zero-order valence-corrected chi connectivity index (χ0v) is 13.8. The highest BCUT2D eigenvalue weighted by Crippen LogP contribution is 2.15.